The van der Waals surface area contributed by atoms with Crippen LogP contribution < -0.4 is 10.5 Å². The average Bonchev–Trinajstić information content (AvgIpc) is 2.71. The largest absolute Gasteiger partial charge is 0.442 e. The maximum absolute atomic E-state index is 13.8. The van der Waals surface area contributed by atoms with Gasteiger partial charge >= 0.3 is 12.3 Å². The van der Waals surface area contributed by atoms with Crippen LogP contribution in [0.15, 0.2) is 35.3 Å². The van der Waals surface area contributed by atoms with Gasteiger partial charge in [-0.25, -0.2) is 4.79 Å². The molecule has 1 fully saturated rings. The topological polar surface area (TPSA) is 88.2 Å². The molecule has 1 aliphatic heterocycles. The summed E-state index contributed by atoms with van der Waals surface area (Å²) in [5, 5.41) is 13.0. The molecule has 0 N–H and O–H groups in total. The number of piperidine rings is 1. The zero-order chi connectivity index (χ0) is 23.7. The van der Waals surface area contributed by atoms with Gasteiger partial charge in [0, 0.05) is 13.1 Å². The van der Waals surface area contributed by atoms with Gasteiger partial charge in [0.05, 0.1) is 23.5 Å². The van der Waals surface area contributed by atoms with E-state index >= 15 is 0 Å². The third kappa shape index (κ3) is 4.93. The minimum Gasteiger partial charge on any atom is -0.442 e. The molecule has 32 heavy (non-hydrogen) atoms. The van der Waals surface area contributed by atoms with Crippen molar-refractivity contribution < 1.29 is 22.7 Å². The maximum atomic E-state index is 13.8. The fraction of sp³-hybridized carbons (Fsp3) is 0.455. The predicted octanol–water partition coefficient (Wildman–Crippen LogP) is 4.30. The molecule has 0 saturated carbocycles. The van der Waals surface area contributed by atoms with E-state index in [1.807, 2.05) is 12.1 Å². The molecule has 1 saturated heterocycles. The molecule has 0 atom stereocenters. The molecule has 0 bridgehead atoms. The summed E-state index contributed by atoms with van der Waals surface area (Å²) in [4.78, 5) is 26.2. The van der Waals surface area contributed by atoms with Gasteiger partial charge in [0.1, 0.15) is 11.2 Å². The van der Waals surface area contributed by atoms with Crippen LogP contribution in [0.2, 0.25) is 0 Å². The highest BCUT2D eigenvalue weighted by atomic mass is 19.4. The maximum Gasteiger partial charge on any atom is 0.438 e. The van der Waals surface area contributed by atoms with Gasteiger partial charge in [0.25, 0.3) is 5.56 Å². The number of hydrogen-bond donors (Lipinski definition) is 0. The SMILES string of the molecule is CC(C)(C)OC(=O)n1ncc(N2CCC(c3ccccc3C#N)CC2)c(C(F)(F)F)c1=O. The van der Waals surface area contributed by atoms with Crippen LogP contribution in [0.5, 0.6) is 0 Å². The van der Waals surface area contributed by atoms with E-state index in [9.17, 15) is 28.0 Å². The van der Waals surface area contributed by atoms with Gasteiger partial charge in [0.15, 0.2) is 0 Å². The number of anilines is 1. The molecule has 170 valence electrons. The summed E-state index contributed by atoms with van der Waals surface area (Å²) in [7, 11) is 0. The smallest absolute Gasteiger partial charge is 0.438 e. The number of carbonyl (C=O) groups excluding carboxylic acids is 1. The first-order valence-corrected chi connectivity index (χ1v) is 10.1. The molecule has 1 aliphatic rings. The second-order valence-electron chi connectivity index (χ2n) is 8.56. The van der Waals surface area contributed by atoms with Crippen LogP contribution in [0.4, 0.5) is 23.7 Å². The summed E-state index contributed by atoms with van der Waals surface area (Å²) in [6.07, 6.45) is -4.36. The van der Waals surface area contributed by atoms with E-state index in [-0.39, 0.29) is 29.4 Å². The van der Waals surface area contributed by atoms with E-state index in [0.29, 0.717) is 18.4 Å². The number of aromatic nitrogens is 2. The Morgan fingerprint density at radius 1 is 1.19 bits per heavy atom. The Balaban J connectivity index is 1.90. The summed E-state index contributed by atoms with van der Waals surface area (Å²) in [6.45, 7) is 5.08. The van der Waals surface area contributed by atoms with Gasteiger partial charge in [0.2, 0.25) is 0 Å². The summed E-state index contributed by atoms with van der Waals surface area (Å²) in [5.74, 6) is 0.0199. The van der Waals surface area contributed by atoms with Crippen molar-refractivity contribution in [1.29, 1.82) is 5.26 Å². The zero-order valence-corrected chi connectivity index (χ0v) is 17.9. The first kappa shape index (κ1) is 23.3. The third-order valence-electron chi connectivity index (χ3n) is 5.16. The Kier molecular flexibility index (Phi) is 6.30. The summed E-state index contributed by atoms with van der Waals surface area (Å²) in [6, 6.07) is 9.29. The van der Waals surface area contributed by atoms with E-state index in [2.05, 4.69) is 11.2 Å². The van der Waals surface area contributed by atoms with Crippen molar-refractivity contribution in [3.05, 3.63) is 57.5 Å². The molecule has 1 aromatic carbocycles. The van der Waals surface area contributed by atoms with E-state index in [0.717, 1.165) is 11.8 Å². The minimum atomic E-state index is -4.98. The van der Waals surface area contributed by atoms with Crippen LogP contribution in [0.1, 0.15) is 56.2 Å². The van der Waals surface area contributed by atoms with Crippen LogP contribution in [-0.4, -0.2) is 34.6 Å². The van der Waals surface area contributed by atoms with Gasteiger partial charge in [-0.3, -0.25) is 4.79 Å². The first-order chi connectivity index (χ1) is 14.9. The number of carbonyl (C=O) groups is 1. The Hall–Kier alpha value is -3.35. The molecular formula is C22H23F3N4O3. The molecule has 7 nitrogen and oxygen atoms in total. The summed E-state index contributed by atoms with van der Waals surface area (Å²) in [5.41, 5.74) is -2.98. The monoisotopic (exact) mass is 448 g/mol. The highest BCUT2D eigenvalue weighted by Crippen LogP contribution is 2.37. The van der Waals surface area contributed by atoms with Crippen molar-refractivity contribution in [3.8, 4) is 6.07 Å². The van der Waals surface area contributed by atoms with Crippen LogP contribution >= 0.6 is 0 Å². The second kappa shape index (κ2) is 8.65. The molecule has 2 heterocycles. The van der Waals surface area contributed by atoms with Crippen LogP contribution in [0.25, 0.3) is 0 Å². The van der Waals surface area contributed by atoms with Crippen molar-refractivity contribution >= 4 is 11.8 Å². The Morgan fingerprint density at radius 2 is 1.81 bits per heavy atom. The molecular weight excluding hydrogens is 425 g/mol. The lowest BCUT2D eigenvalue weighted by atomic mass is 9.86. The highest BCUT2D eigenvalue weighted by Gasteiger charge is 2.41. The number of ether oxygens (including phenoxy) is 1. The highest BCUT2D eigenvalue weighted by molar-refractivity contribution is 5.70. The molecule has 0 spiro atoms. The number of nitrogens with zero attached hydrogens (tertiary/aromatic N) is 4. The van der Waals surface area contributed by atoms with Gasteiger partial charge in [-0.1, -0.05) is 18.2 Å². The molecule has 2 aromatic rings. The van der Waals surface area contributed by atoms with Crippen molar-refractivity contribution in [2.45, 2.75) is 51.3 Å². The molecule has 10 heteroatoms. The Labute approximate surface area is 183 Å². The van der Waals surface area contributed by atoms with Crippen molar-refractivity contribution in [2.24, 2.45) is 0 Å². The van der Waals surface area contributed by atoms with E-state index in [1.165, 1.54) is 25.7 Å². The normalized spacial score (nSPS) is 15.3. The lowest BCUT2D eigenvalue weighted by molar-refractivity contribution is -0.138. The Bertz CT molecular complexity index is 1110. The fourth-order valence-corrected chi connectivity index (χ4v) is 3.77. The van der Waals surface area contributed by atoms with Crippen molar-refractivity contribution in [2.75, 3.05) is 18.0 Å². The van der Waals surface area contributed by atoms with E-state index in [1.54, 1.807) is 12.1 Å². The number of halogens is 3. The average molecular weight is 448 g/mol. The molecule has 0 aliphatic carbocycles. The summed E-state index contributed by atoms with van der Waals surface area (Å²) < 4.78 is 46.6. The molecule has 0 unspecified atom stereocenters. The quantitative estimate of drug-likeness (QED) is 0.681. The van der Waals surface area contributed by atoms with E-state index in [4.69, 9.17) is 4.74 Å². The standard InChI is InChI=1S/C22H23F3N4O3/c1-21(2,3)32-20(31)29-19(30)18(22(23,24)25)17(13-27-29)28-10-8-14(9-11-28)16-7-5-4-6-15(16)12-26/h4-7,13-14H,8-11H2,1-3H3. The number of hydrogen-bond acceptors (Lipinski definition) is 6. The number of rotatable bonds is 2. The number of nitriles is 1. The molecule has 3 rings (SSSR count). The van der Waals surface area contributed by atoms with Crippen LogP contribution in [-0.2, 0) is 10.9 Å². The van der Waals surface area contributed by atoms with Gasteiger partial charge in [-0.05, 0) is 51.2 Å². The predicted molar refractivity (Wildman–Crippen MR) is 110 cm³/mol. The number of alkyl halides is 3. The van der Waals surface area contributed by atoms with Crippen LogP contribution in [0.3, 0.4) is 0 Å². The summed E-state index contributed by atoms with van der Waals surface area (Å²) >= 11 is 0. The third-order valence-corrected chi connectivity index (χ3v) is 5.16. The molecule has 0 radical (unpaired) electrons. The fourth-order valence-electron chi connectivity index (χ4n) is 3.77. The van der Waals surface area contributed by atoms with Crippen molar-refractivity contribution in [1.82, 2.24) is 9.78 Å². The van der Waals surface area contributed by atoms with Gasteiger partial charge in [-0.15, -0.1) is 4.68 Å². The zero-order valence-electron chi connectivity index (χ0n) is 17.9. The van der Waals surface area contributed by atoms with Crippen LogP contribution in [0, 0.1) is 11.3 Å². The van der Waals surface area contributed by atoms with E-state index < -0.39 is 29.0 Å². The van der Waals surface area contributed by atoms with Gasteiger partial charge in [-0.2, -0.15) is 23.5 Å². The lowest BCUT2D eigenvalue weighted by Crippen LogP contribution is -2.41. The number of benzene rings is 1. The molecule has 0 amide bonds. The Morgan fingerprint density at radius 3 is 2.38 bits per heavy atom. The minimum absolute atomic E-state index is 0.0199. The van der Waals surface area contributed by atoms with Crippen molar-refractivity contribution in [3.63, 3.8) is 0 Å². The van der Waals surface area contributed by atoms with Gasteiger partial charge < -0.3 is 9.64 Å². The lowest BCUT2D eigenvalue weighted by Gasteiger charge is -2.35. The molecule has 1 aromatic heterocycles. The first-order valence-electron chi connectivity index (χ1n) is 10.1. The second-order valence-corrected chi connectivity index (χ2v) is 8.56.